The standard InChI is InChI=1S/C18H22O3.2C6H10O4/c19-11-12-21-15-18(20,13-16-7-3-1-4-8-16)14-17-9-5-2-6-10-17;2*7-5(8)3-1-2-4-6(9)10/h1-10,19-20H,11-15H2;2*1-4H2,(H,7,8)(H,9,10). The van der Waals surface area contributed by atoms with Gasteiger partial charge in [-0.15, -0.1) is 0 Å². The number of rotatable bonds is 18. The molecule has 0 fully saturated rings. The van der Waals surface area contributed by atoms with Gasteiger partial charge in [0.2, 0.25) is 0 Å². The van der Waals surface area contributed by atoms with Crippen LogP contribution in [0.3, 0.4) is 0 Å². The molecular formula is C30H42O11. The molecule has 0 bridgehead atoms. The van der Waals surface area contributed by atoms with E-state index in [2.05, 4.69) is 0 Å². The summed E-state index contributed by atoms with van der Waals surface area (Å²) in [5, 5.41) is 52.3. The van der Waals surface area contributed by atoms with E-state index in [1.54, 1.807) is 0 Å². The molecule has 0 aromatic heterocycles. The summed E-state index contributed by atoms with van der Waals surface area (Å²) in [6.45, 7) is 0.413. The number of unbranched alkanes of at least 4 members (excludes halogenated alkanes) is 2. The van der Waals surface area contributed by atoms with Crippen LogP contribution in [0.2, 0.25) is 0 Å². The van der Waals surface area contributed by atoms with Gasteiger partial charge in [-0.2, -0.15) is 0 Å². The second-order valence-corrected chi connectivity index (χ2v) is 9.31. The summed E-state index contributed by atoms with van der Waals surface area (Å²) in [7, 11) is 0. The van der Waals surface area contributed by atoms with E-state index in [4.69, 9.17) is 30.3 Å². The van der Waals surface area contributed by atoms with Crippen LogP contribution in [0.25, 0.3) is 0 Å². The number of carbonyl (C=O) groups is 4. The first-order valence-electron chi connectivity index (χ1n) is 13.3. The number of aliphatic hydroxyl groups excluding tert-OH is 1. The summed E-state index contributed by atoms with van der Waals surface area (Å²) < 4.78 is 5.39. The highest BCUT2D eigenvalue weighted by atomic mass is 16.5. The lowest BCUT2D eigenvalue weighted by molar-refractivity contribution is -0.139. The second-order valence-electron chi connectivity index (χ2n) is 9.31. The number of hydrogen-bond acceptors (Lipinski definition) is 7. The molecule has 0 saturated heterocycles. The van der Waals surface area contributed by atoms with Crippen LogP contribution < -0.4 is 0 Å². The molecular weight excluding hydrogens is 536 g/mol. The van der Waals surface area contributed by atoms with Crippen LogP contribution in [-0.4, -0.2) is 79.9 Å². The SMILES string of the molecule is O=C(O)CCCCC(=O)O.O=C(O)CCCCC(=O)O.OCCOCC(O)(Cc1ccccc1)Cc1ccccc1. The number of aliphatic carboxylic acids is 4. The molecule has 0 saturated carbocycles. The summed E-state index contributed by atoms with van der Waals surface area (Å²) in [6.07, 6.45) is 3.08. The van der Waals surface area contributed by atoms with Crippen molar-refractivity contribution >= 4 is 23.9 Å². The van der Waals surface area contributed by atoms with Crippen molar-refractivity contribution in [1.29, 1.82) is 0 Å². The van der Waals surface area contributed by atoms with Gasteiger partial charge in [-0.05, 0) is 36.8 Å². The van der Waals surface area contributed by atoms with E-state index < -0.39 is 29.5 Å². The number of benzene rings is 2. The highest BCUT2D eigenvalue weighted by molar-refractivity contribution is 5.68. The molecule has 0 radical (unpaired) electrons. The Labute approximate surface area is 240 Å². The Morgan fingerprint density at radius 3 is 1.17 bits per heavy atom. The minimum absolute atomic E-state index is 0.0350. The minimum Gasteiger partial charge on any atom is -0.481 e. The second kappa shape index (κ2) is 23.0. The number of aliphatic hydroxyl groups is 2. The highest BCUT2D eigenvalue weighted by Crippen LogP contribution is 2.20. The van der Waals surface area contributed by atoms with E-state index in [1.807, 2.05) is 60.7 Å². The molecule has 11 nitrogen and oxygen atoms in total. The highest BCUT2D eigenvalue weighted by Gasteiger charge is 2.28. The van der Waals surface area contributed by atoms with E-state index >= 15 is 0 Å². The zero-order valence-corrected chi connectivity index (χ0v) is 23.2. The monoisotopic (exact) mass is 578 g/mol. The third-order valence-electron chi connectivity index (χ3n) is 5.42. The molecule has 0 aliphatic carbocycles. The summed E-state index contributed by atoms with van der Waals surface area (Å²) in [5.74, 6) is -3.48. The van der Waals surface area contributed by atoms with Crippen molar-refractivity contribution in [3.63, 3.8) is 0 Å². The molecule has 6 N–H and O–H groups in total. The third-order valence-corrected chi connectivity index (χ3v) is 5.42. The molecule has 2 rings (SSSR count). The smallest absolute Gasteiger partial charge is 0.303 e. The van der Waals surface area contributed by atoms with E-state index in [0.717, 1.165) is 11.1 Å². The molecule has 41 heavy (non-hydrogen) atoms. The van der Waals surface area contributed by atoms with Crippen molar-refractivity contribution in [3.05, 3.63) is 71.8 Å². The Hall–Kier alpha value is -3.80. The van der Waals surface area contributed by atoms with Gasteiger partial charge in [-0.1, -0.05) is 60.7 Å². The molecule has 2 aromatic carbocycles. The number of ether oxygens (including phenoxy) is 1. The molecule has 0 atom stereocenters. The van der Waals surface area contributed by atoms with E-state index in [1.165, 1.54) is 0 Å². The van der Waals surface area contributed by atoms with Gasteiger partial charge in [0.05, 0.1) is 25.4 Å². The predicted molar refractivity (Wildman–Crippen MR) is 151 cm³/mol. The van der Waals surface area contributed by atoms with Crippen molar-refractivity contribution in [2.45, 2.75) is 69.8 Å². The fraction of sp³-hybridized carbons (Fsp3) is 0.467. The van der Waals surface area contributed by atoms with Gasteiger partial charge in [0, 0.05) is 38.5 Å². The van der Waals surface area contributed by atoms with Crippen LogP contribution >= 0.6 is 0 Å². The van der Waals surface area contributed by atoms with E-state index in [9.17, 15) is 24.3 Å². The lowest BCUT2D eigenvalue weighted by Gasteiger charge is -2.28. The first-order chi connectivity index (χ1) is 19.5. The molecule has 0 unspecified atom stereocenters. The van der Waals surface area contributed by atoms with E-state index in [0.29, 0.717) is 38.5 Å². The van der Waals surface area contributed by atoms with Gasteiger partial charge >= 0.3 is 23.9 Å². The average molecular weight is 579 g/mol. The van der Waals surface area contributed by atoms with Crippen LogP contribution in [0, 0.1) is 0 Å². The maximum Gasteiger partial charge on any atom is 0.303 e. The van der Waals surface area contributed by atoms with Gasteiger partial charge in [0.1, 0.15) is 0 Å². The normalized spacial score (nSPS) is 10.4. The summed E-state index contributed by atoms with van der Waals surface area (Å²) in [6, 6.07) is 19.8. The average Bonchev–Trinajstić information content (AvgIpc) is 2.91. The zero-order chi connectivity index (χ0) is 30.9. The topological polar surface area (TPSA) is 199 Å². The zero-order valence-electron chi connectivity index (χ0n) is 23.2. The molecule has 0 amide bonds. The predicted octanol–water partition coefficient (Wildman–Crippen LogP) is 3.64. The summed E-state index contributed by atoms with van der Waals surface area (Å²) >= 11 is 0. The van der Waals surface area contributed by atoms with Crippen molar-refractivity contribution < 1.29 is 54.6 Å². The van der Waals surface area contributed by atoms with Gasteiger partial charge < -0.3 is 35.4 Å². The Kier molecular flexibility index (Phi) is 20.8. The summed E-state index contributed by atoms with van der Waals surface area (Å²) in [5.41, 5.74) is 1.17. The fourth-order valence-corrected chi connectivity index (χ4v) is 3.55. The van der Waals surface area contributed by atoms with Crippen molar-refractivity contribution in [1.82, 2.24) is 0 Å². The number of hydrogen-bond donors (Lipinski definition) is 6. The Morgan fingerprint density at radius 1 is 0.585 bits per heavy atom. The van der Waals surface area contributed by atoms with E-state index in [-0.39, 0.29) is 45.5 Å². The quantitative estimate of drug-likeness (QED) is 0.141. The Balaban J connectivity index is 0.000000672. The van der Waals surface area contributed by atoms with Crippen molar-refractivity contribution in [3.8, 4) is 0 Å². The largest absolute Gasteiger partial charge is 0.481 e. The van der Waals surface area contributed by atoms with Crippen molar-refractivity contribution in [2.24, 2.45) is 0 Å². The molecule has 2 aromatic rings. The number of carboxylic acid groups (broad SMARTS) is 4. The van der Waals surface area contributed by atoms with Crippen LogP contribution in [0.1, 0.15) is 62.5 Å². The molecule has 0 spiro atoms. The lowest BCUT2D eigenvalue weighted by Crippen LogP contribution is -2.39. The first-order valence-corrected chi connectivity index (χ1v) is 13.3. The molecule has 0 aliphatic rings. The maximum absolute atomic E-state index is 10.9. The van der Waals surface area contributed by atoms with Crippen molar-refractivity contribution in [2.75, 3.05) is 19.8 Å². The third kappa shape index (κ3) is 23.8. The van der Waals surface area contributed by atoms with Crippen LogP contribution in [0.4, 0.5) is 0 Å². The first kappa shape index (κ1) is 37.2. The summed E-state index contributed by atoms with van der Waals surface area (Å²) in [4.78, 5) is 39.6. The number of carboxylic acids is 4. The fourth-order valence-electron chi connectivity index (χ4n) is 3.55. The van der Waals surface area contributed by atoms with Gasteiger partial charge in [-0.3, -0.25) is 19.2 Å². The minimum atomic E-state index is -0.974. The Morgan fingerprint density at radius 2 is 0.902 bits per heavy atom. The molecule has 0 heterocycles. The Bertz CT molecular complexity index is 889. The van der Waals surface area contributed by atoms with Gasteiger partial charge in [0.25, 0.3) is 0 Å². The maximum atomic E-state index is 10.9. The molecule has 11 heteroatoms. The van der Waals surface area contributed by atoms with Crippen LogP contribution in [-0.2, 0) is 36.8 Å². The molecule has 0 aliphatic heterocycles. The van der Waals surface area contributed by atoms with Gasteiger partial charge in [-0.25, -0.2) is 0 Å². The van der Waals surface area contributed by atoms with Crippen LogP contribution in [0.5, 0.6) is 0 Å². The van der Waals surface area contributed by atoms with Crippen LogP contribution in [0.15, 0.2) is 60.7 Å². The van der Waals surface area contributed by atoms with Gasteiger partial charge in [0.15, 0.2) is 0 Å². The lowest BCUT2D eigenvalue weighted by atomic mass is 9.88. The molecule has 228 valence electrons.